The van der Waals surface area contributed by atoms with Gasteiger partial charge >= 0.3 is 19.8 Å². The van der Waals surface area contributed by atoms with Gasteiger partial charge in [-0.1, -0.05) is 48.6 Å². The van der Waals surface area contributed by atoms with E-state index in [0.29, 0.717) is 0 Å². The molecule has 3 heteroatoms. The van der Waals surface area contributed by atoms with Crippen LogP contribution in [0.4, 0.5) is 0 Å². The van der Waals surface area contributed by atoms with Gasteiger partial charge in [0.15, 0.2) is 0 Å². The smallest absolute Gasteiger partial charge is 1.00 e. The standard InChI is InChI=1S/C8H8.2ClH.Os/c1-2-4-6-8-7-5-3-1;;;/h1-8H;2*1H;/q;;;+2/p-2/b2-1-,3-1?,4-2?,5-3-,6-4?,7-5?,8-6?,8-7?;;;. The van der Waals surface area contributed by atoms with E-state index in [1.54, 1.807) is 0 Å². The first kappa shape index (κ1) is 17.3. The van der Waals surface area contributed by atoms with E-state index in [4.69, 9.17) is 0 Å². The van der Waals surface area contributed by atoms with Gasteiger partial charge in [-0.25, -0.2) is 0 Å². The summed E-state index contributed by atoms with van der Waals surface area (Å²) in [6, 6.07) is 0. The molecular formula is C8H8Cl2Os. The number of rotatable bonds is 0. The Hall–Kier alpha value is 0.176. The van der Waals surface area contributed by atoms with Gasteiger partial charge in [-0.05, 0) is 0 Å². The van der Waals surface area contributed by atoms with Gasteiger partial charge in [0.2, 0.25) is 0 Å². The van der Waals surface area contributed by atoms with Crippen molar-refractivity contribution in [1.82, 2.24) is 0 Å². The first-order valence-corrected chi connectivity index (χ1v) is 2.67. The predicted molar refractivity (Wildman–Crippen MR) is 36.6 cm³/mol. The van der Waals surface area contributed by atoms with Crippen LogP contribution in [0.2, 0.25) is 0 Å². The maximum atomic E-state index is 2.00. The molecule has 62 valence electrons. The summed E-state index contributed by atoms with van der Waals surface area (Å²) < 4.78 is 0. The van der Waals surface area contributed by atoms with Crippen LogP contribution in [-0.4, -0.2) is 0 Å². The Morgan fingerprint density at radius 3 is 0.545 bits per heavy atom. The van der Waals surface area contributed by atoms with E-state index in [1.165, 1.54) is 0 Å². The molecule has 0 radical (unpaired) electrons. The fourth-order valence-corrected chi connectivity index (χ4v) is 0.513. The second-order valence-electron chi connectivity index (χ2n) is 1.54. The van der Waals surface area contributed by atoms with E-state index in [-0.39, 0.29) is 44.6 Å². The Morgan fingerprint density at radius 1 is 0.364 bits per heavy atom. The van der Waals surface area contributed by atoms with E-state index < -0.39 is 0 Å². The van der Waals surface area contributed by atoms with E-state index in [2.05, 4.69) is 0 Å². The van der Waals surface area contributed by atoms with Crippen molar-refractivity contribution in [3.8, 4) is 0 Å². The third kappa shape index (κ3) is 10.2. The van der Waals surface area contributed by atoms with Crippen molar-refractivity contribution in [1.29, 1.82) is 0 Å². The Labute approximate surface area is 93.0 Å². The van der Waals surface area contributed by atoms with Gasteiger partial charge in [-0.2, -0.15) is 0 Å². The summed E-state index contributed by atoms with van der Waals surface area (Å²) in [5.74, 6) is 0. The Morgan fingerprint density at radius 2 is 0.455 bits per heavy atom. The largest absolute Gasteiger partial charge is 2.00 e. The van der Waals surface area contributed by atoms with Crippen LogP contribution in [0.15, 0.2) is 48.6 Å². The van der Waals surface area contributed by atoms with E-state index in [9.17, 15) is 0 Å². The molecule has 0 aromatic rings. The normalized spacial score (nSPS) is 17.5. The molecule has 0 N–H and O–H groups in total. The van der Waals surface area contributed by atoms with Gasteiger partial charge in [-0.3, -0.25) is 0 Å². The van der Waals surface area contributed by atoms with Gasteiger partial charge in [0, 0.05) is 0 Å². The summed E-state index contributed by atoms with van der Waals surface area (Å²) in [6.07, 6.45) is 16.0. The molecule has 0 nitrogen and oxygen atoms in total. The van der Waals surface area contributed by atoms with Crippen molar-refractivity contribution in [3.05, 3.63) is 48.6 Å². The molecule has 0 bridgehead atoms. The Balaban J connectivity index is -0.000000213. The van der Waals surface area contributed by atoms with Gasteiger partial charge in [0.1, 0.15) is 0 Å². The molecular weight excluding hydrogens is 357 g/mol. The minimum absolute atomic E-state index is 0. The van der Waals surface area contributed by atoms with Crippen molar-refractivity contribution >= 4 is 0 Å². The summed E-state index contributed by atoms with van der Waals surface area (Å²) in [5, 5.41) is 0. The molecule has 0 amide bonds. The zero-order chi connectivity index (χ0) is 5.66. The summed E-state index contributed by atoms with van der Waals surface area (Å²) in [4.78, 5) is 0. The van der Waals surface area contributed by atoms with Gasteiger partial charge in [0.25, 0.3) is 0 Å². The van der Waals surface area contributed by atoms with Crippen molar-refractivity contribution < 1.29 is 44.6 Å². The zero-order valence-corrected chi connectivity index (χ0v) is 9.78. The van der Waals surface area contributed by atoms with Crippen LogP contribution in [0.1, 0.15) is 0 Å². The Kier molecular flexibility index (Phi) is 20.2. The van der Waals surface area contributed by atoms with Crippen molar-refractivity contribution in [3.63, 3.8) is 0 Å². The van der Waals surface area contributed by atoms with Crippen LogP contribution in [0.3, 0.4) is 0 Å². The SMILES string of the molecule is C1=C/C=C\C=C/C=C1.[Cl-].[Cl-].[Os+2]. The number of hydrogen-bond donors (Lipinski definition) is 0. The number of allylic oxidation sites excluding steroid dienone is 8. The molecule has 0 saturated carbocycles. The summed E-state index contributed by atoms with van der Waals surface area (Å²) in [5.41, 5.74) is 0. The molecule has 0 unspecified atom stereocenters. The van der Waals surface area contributed by atoms with Gasteiger partial charge in [-0.15, -0.1) is 0 Å². The minimum Gasteiger partial charge on any atom is -1.00 e. The molecule has 0 aromatic carbocycles. The second kappa shape index (κ2) is 12.8. The molecule has 0 fully saturated rings. The first-order valence-electron chi connectivity index (χ1n) is 2.67. The average molecular weight is 365 g/mol. The fourth-order valence-electron chi connectivity index (χ4n) is 0.513. The van der Waals surface area contributed by atoms with Crippen molar-refractivity contribution in [2.24, 2.45) is 0 Å². The molecule has 1 rings (SSSR count). The number of hydrogen-bond acceptors (Lipinski definition) is 0. The molecule has 0 atom stereocenters. The molecule has 1 aliphatic rings. The molecule has 0 spiro atoms. The quantitative estimate of drug-likeness (QED) is 0.414. The topological polar surface area (TPSA) is 0 Å². The van der Waals surface area contributed by atoms with E-state index in [1.807, 2.05) is 48.6 Å². The van der Waals surface area contributed by atoms with E-state index in [0.717, 1.165) is 0 Å². The first-order chi connectivity index (χ1) is 4.00. The maximum absolute atomic E-state index is 2.00. The summed E-state index contributed by atoms with van der Waals surface area (Å²) in [7, 11) is 0. The molecule has 0 aromatic heterocycles. The van der Waals surface area contributed by atoms with Crippen LogP contribution >= 0.6 is 0 Å². The van der Waals surface area contributed by atoms with Crippen LogP contribution in [0.25, 0.3) is 0 Å². The maximum Gasteiger partial charge on any atom is 2.00 e. The monoisotopic (exact) mass is 366 g/mol. The molecule has 0 saturated heterocycles. The van der Waals surface area contributed by atoms with Crippen molar-refractivity contribution in [2.45, 2.75) is 0 Å². The van der Waals surface area contributed by atoms with Crippen LogP contribution in [0, 0.1) is 0 Å². The molecule has 1 aliphatic carbocycles. The molecule has 11 heavy (non-hydrogen) atoms. The van der Waals surface area contributed by atoms with Crippen LogP contribution in [-0.2, 0) is 19.8 Å². The Bertz CT molecular complexity index is 113. The summed E-state index contributed by atoms with van der Waals surface area (Å²) in [6.45, 7) is 0. The van der Waals surface area contributed by atoms with Gasteiger partial charge in [0.05, 0.1) is 0 Å². The predicted octanol–water partition coefficient (Wildman–Crippen LogP) is -3.77. The van der Waals surface area contributed by atoms with Crippen molar-refractivity contribution in [2.75, 3.05) is 0 Å². The zero-order valence-electron chi connectivity index (χ0n) is 5.73. The number of halogens is 2. The summed E-state index contributed by atoms with van der Waals surface area (Å²) >= 11 is 0. The minimum atomic E-state index is 0. The molecule has 0 aliphatic heterocycles. The van der Waals surface area contributed by atoms with Crippen LogP contribution < -0.4 is 24.8 Å². The fraction of sp³-hybridized carbons (Fsp3) is 0. The second-order valence-corrected chi connectivity index (χ2v) is 1.54. The van der Waals surface area contributed by atoms with Gasteiger partial charge < -0.3 is 24.8 Å². The third-order valence-corrected chi connectivity index (χ3v) is 0.889. The average Bonchev–Trinajstić information content (AvgIpc) is 1.62. The van der Waals surface area contributed by atoms with E-state index >= 15 is 0 Å². The van der Waals surface area contributed by atoms with Crippen LogP contribution in [0.5, 0.6) is 0 Å². The third-order valence-electron chi connectivity index (χ3n) is 0.889. The molecule has 0 heterocycles.